The maximum Gasteiger partial charge on any atom is 0.243 e. The third-order valence-corrected chi connectivity index (χ3v) is 1.62. The largest absolute Gasteiger partial charge is 1.00 e. The van der Waals surface area contributed by atoms with Crippen LogP contribution in [0, 0.1) is 0 Å². The number of aryl methyl sites for hydroxylation is 1. The quantitative estimate of drug-likeness (QED) is 0.439. The van der Waals surface area contributed by atoms with Crippen molar-refractivity contribution in [2.45, 2.75) is 13.5 Å². The van der Waals surface area contributed by atoms with Crippen molar-refractivity contribution in [3.63, 3.8) is 0 Å². The van der Waals surface area contributed by atoms with Gasteiger partial charge in [-0.2, -0.15) is 0 Å². The van der Waals surface area contributed by atoms with Gasteiger partial charge in [-0.05, 0) is 6.54 Å². The van der Waals surface area contributed by atoms with Crippen LogP contribution in [0.2, 0.25) is 0 Å². The molecule has 0 spiro atoms. The van der Waals surface area contributed by atoms with Crippen LogP contribution in [0.1, 0.15) is 6.92 Å². The fourth-order valence-electron chi connectivity index (χ4n) is 1.02. The number of hydrogen-bond acceptors (Lipinski definition) is 1. The zero-order valence-electron chi connectivity index (χ0n) is 8.03. The van der Waals surface area contributed by atoms with Crippen molar-refractivity contribution in [3.8, 4) is 0 Å². The van der Waals surface area contributed by atoms with Gasteiger partial charge in [-0.15, -0.1) is 12.4 Å². The normalized spacial score (nSPS) is 8.77. The molecule has 1 heterocycles. The first-order valence-electron chi connectivity index (χ1n) is 4.04. The zero-order valence-corrected chi connectivity index (χ0v) is 9.61. The summed E-state index contributed by atoms with van der Waals surface area (Å²) in [5, 5.41) is 3.28. The summed E-state index contributed by atoms with van der Waals surface area (Å²) in [4.78, 5) is 0. The number of imidazole rings is 1. The molecule has 0 unspecified atom stereocenters. The average molecular weight is 226 g/mol. The highest BCUT2D eigenvalue weighted by atomic mass is 35.5. The third kappa shape index (κ3) is 5.91. The Morgan fingerprint density at radius 2 is 2.15 bits per heavy atom. The molecule has 0 aliphatic heterocycles. The molecule has 0 aromatic carbocycles. The predicted octanol–water partition coefficient (Wildman–Crippen LogP) is -2.65. The number of nitrogens with zero attached hydrogens (tertiary/aromatic N) is 2. The summed E-state index contributed by atoms with van der Waals surface area (Å²) in [6, 6.07) is 0. The van der Waals surface area contributed by atoms with E-state index >= 15 is 0 Å². The summed E-state index contributed by atoms with van der Waals surface area (Å²) in [6.07, 6.45) is 6.21. The van der Waals surface area contributed by atoms with Crippen LogP contribution < -0.4 is 22.3 Å². The molecular formula is C8H17Cl2N3. The number of rotatable bonds is 4. The van der Waals surface area contributed by atoms with Crippen LogP contribution in [0.15, 0.2) is 18.7 Å². The monoisotopic (exact) mass is 225 g/mol. The van der Waals surface area contributed by atoms with Gasteiger partial charge >= 0.3 is 0 Å². The number of halogens is 2. The molecule has 13 heavy (non-hydrogen) atoms. The molecule has 1 rings (SSSR count). The van der Waals surface area contributed by atoms with E-state index in [2.05, 4.69) is 29.3 Å². The van der Waals surface area contributed by atoms with Crippen LogP contribution in [0.25, 0.3) is 0 Å². The SMILES string of the molecule is CCNCC[n+]1ccn(C)c1.Cl.[Cl-]. The molecule has 0 aliphatic rings. The lowest BCUT2D eigenvalue weighted by Crippen LogP contribution is -3.00. The molecule has 1 aromatic heterocycles. The number of likely N-dealkylation sites (N-methyl/N-ethyl adjacent to an activating group) is 1. The third-order valence-electron chi connectivity index (χ3n) is 1.62. The van der Waals surface area contributed by atoms with E-state index in [1.807, 2.05) is 17.8 Å². The maximum absolute atomic E-state index is 3.28. The molecule has 0 saturated heterocycles. The molecule has 78 valence electrons. The molecule has 5 heteroatoms. The second kappa shape index (κ2) is 8.35. The predicted molar refractivity (Wildman–Crippen MR) is 51.4 cm³/mol. The van der Waals surface area contributed by atoms with Crippen LogP contribution in [0.5, 0.6) is 0 Å². The molecule has 1 N–H and O–H groups in total. The standard InChI is InChI=1S/C8H16N3.2ClH/c1-3-9-4-5-11-7-6-10(2)8-11;;/h6-9H,3-5H2,1-2H3;2*1H/q+1;;/p-1. The van der Waals surface area contributed by atoms with E-state index < -0.39 is 0 Å². The van der Waals surface area contributed by atoms with Crippen LogP contribution in [0.4, 0.5) is 0 Å². The minimum absolute atomic E-state index is 0. The Labute approximate surface area is 92.0 Å². The summed E-state index contributed by atoms with van der Waals surface area (Å²) in [6.45, 7) is 5.27. The Hall–Kier alpha value is -0.250. The Bertz CT molecular complexity index is 213. The van der Waals surface area contributed by atoms with E-state index in [0.717, 1.165) is 19.6 Å². The van der Waals surface area contributed by atoms with Gasteiger partial charge in [0, 0.05) is 6.54 Å². The smallest absolute Gasteiger partial charge is 0.243 e. The molecule has 0 atom stereocenters. The van der Waals surface area contributed by atoms with Gasteiger partial charge in [-0.25, -0.2) is 9.13 Å². The summed E-state index contributed by atoms with van der Waals surface area (Å²) in [7, 11) is 2.03. The maximum atomic E-state index is 3.28. The fourth-order valence-corrected chi connectivity index (χ4v) is 1.02. The van der Waals surface area contributed by atoms with E-state index in [-0.39, 0.29) is 24.8 Å². The van der Waals surface area contributed by atoms with Crippen LogP contribution in [0.3, 0.4) is 0 Å². The average Bonchev–Trinajstić information content (AvgIpc) is 2.37. The number of hydrogen-bond donors (Lipinski definition) is 1. The zero-order chi connectivity index (χ0) is 8.10. The van der Waals surface area contributed by atoms with Gasteiger partial charge < -0.3 is 17.7 Å². The summed E-state index contributed by atoms with van der Waals surface area (Å²) in [5.41, 5.74) is 0. The van der Waals surface area contributed by atoms with Crippen molar-refractivity contribution in [3.05, 3.63) is 18.7 Å². The van der Waals surface area contributed by atoms with Crippen molar-refractivity contribution in [1.82, 2.24) is 9.88 Å². The minimum atomic E-state index is 0. The lowest BCUT2D eigenvalue weighted by molar-refractivity contribution is -0.694. The van der Waals surface area contributed by atoms with Crippen molar-refractivity contribution in [2.24, 2.45) is 7.05 Å². The van der Waals surface area contributed by atoms with Crippen LogP contribution in [-0.2, 0) is 13.6 Å². The Kier molecular flexibility index (Phi) is 9.79. The molecule has 1 aromatic rings. The van der Waals surface area contributed by atoms with E-state index in [1.54, 1.807) is 0 Å². The summed E-state index contributed by atoms with van der Waals surface area (Å²) < 4.78 is 4.22. The van der Waals surface area contributed by atoms with Gasteiger partial charge in [0.2, 0.25) is 6.33 Å². The van der Waals surface area contributed by atoms with E-state index in [0.29, 0.717) is 0 Å². The van der Waals surface area contributed by atoms with Gasteiger partial charge in [-0.3, -0.25) is 0 Å². The van der Waals surface area contributed by atoms with Crippen molar-refractivity contribution < 1.29 is 17.0 Å². The summed E-state index contributed by atoms with van der Waals surface area (Å²) >= 11 is 0. The second-order valence-electron chi connectivity index (χ2n) is 2.67. The van der Waals surface area contributed by atoms with E-state index in [4.69, 9.17) is 0 Å². The first-order valence-corrected chi connectivity index (χ1v) is 4.04. The highest BCUT2D eigenvalue weighted by molar-refractivity contribution is 5.85. The molecule has 0 bridgehead atoms. The lowest BCUT2D eigenvalue weighted by atomic mass is 10.6. The molecule has 0 radical (unpaired) electrons. The van der Waals surface area contributed by atoms with E-state index in [1.165, 1.54) is 0 Å². The molecular weight excluding hydrogens is 209 g/mol. The second-order valence-corrected chi connectivity index (χ2v) is 2.67. The highest BCUT2D eigenvalue weighted by Gasteiger charge is 1.96. The van der Waals surface area contributed by atoms with Gasteiger partial charge in [0.15, 0.2) is 0 Å². The van der Waals surface area contributed by atoms with Crippen molar-refractivity contribution in [2.75, 3.05) is 13.1 Å². The minimum Gasteiger partial charge on any atom is -1.00 e. The lowest BCUT2D eigenvalue weighted by Gasteiger charge is -1.96. The van der Waals surface area contributed by atoms with Gasteiger partial charge in [-0.1, -0.05) is 6.92 Å². The van der Waals surface area contributed by atoms with E-state index in [9.17, 15) is 0 Å². The van der Waals surface area contributed by atoms with Crippen LogP contribution in [-0.4, -0.2) is 17.7 Å². The first kappa shape index (κ1) is 15.2. The summed E-state index contributed by atoms with van der Waals surface area (Å²) in [5.74, 6) is 0. The van der Waals surface area contributed by atoms with Gasteiger partial charge in [0.05, 0.1) is 7.05 Å². The number of aromatic nitrogens is 2. The Balaban J connectivity index is 0. The van der Waals surface area contributed by atoms with Gasteiger partial charge in [0.1, 0.15) is 18.9 Å². The van der Waals surface area contributed by atoms with Crippen LogP contribution >= 0.6 is 12.4 Å². The topological polar surface area (TPSA) is 20.8 Å². The molecule has 0 fully saturated rings. The fraction of sp³-hybridized carbons (Fsp3) is 0.625. The molecule has 0 amide bonds. The van der Waals surface area contributed by atoms with Crippen molar-refractivity contribution in [1.29, 1.82) is 0 Å². The molecule has 0 saturated carbocycles. The number of nitrogens with one attached hydrogen (secondary N) is 1. The van der Waals surface area contributed by atoms with Gasteiger partial charge in [0.25, 0.3) is 0 Å². The first-order chi connectivity index (χ1) is 5.33. The highest BCUT2D eigenvalue weighted by Crippen LogP contribution is 1.75. The Morgan fingerprint density at radius 3 is 2.62 bits per heavy atom. The van der Waals surface area contributed by atoms with Crippen molar-refractivity contribution >= 4 is 12.4 Å². The Morgan fingerprint density at radius 1 is 1.46 bits per heavy atom. The molecule has 3 nitrogen and oxygen atoms in total. The molecule has 0 aliphatic carbocycles.